The van der Waals surface area contributed by atoms with E-state index in [4.69, 9.17) is 4.74 Å². The molecule has 7 heteroatoms. The first-order valence-corrected chi connectivity index (χ1v) is 6.62. The van der Waals surface area contributed by atoms with Crippen LogP contribution in [0.4, 0.5) is 12.9 Å². The predicted molar refractivity (Wildman–Crippen MR) is 71.1 cm³/mol. The summed E-state index contributed by atoms with van der Waals surface area (Å²) in [7, 11) is 0. The van der Waals surface area contributed by atoms with Crippen molar-refractivity contribution in [2.75, 3.05) is 26.2 Å². The Morgan fingerprint density at radius 2 is 1.85 bits per heavy atom. The standard InChI is InChI=1S/C13H18BF3NO.K/c1-11-4-5-13(12(10-11)14(15,16)17)19-9-8-18-6-2-3-7-18;/h4-5,10H,2-3,6-9H2,1H3;/q-1;+1. The molecule has 1 aromatic rings. The largest absolute Gasteiger partial charge is 1.00 e. The molecular weight excluding hydrogens is 293 g/mol. The molecule has 1 aromatic carbocycles. The molecule has 2 rings (SSSR count). The number of halogens is 3. The van der Waals surface area contributed by atoms with Crippen LogP contribution in [0.5, 0.6) is 5.75 Å². The average molecular weight is 311 g/mol. The summed E-state index contributed by atoms with van der Waals surface area (Å²) in [5.74, 6) is -0.0442. The van der Waals surface area contributed by atoms with Gasteiger partial charge in [0.05, 0.1) is 5.75 Å². The Hall–Kier alpha value is 0.471. The van der Waals surface area contributed by atoms with E-state index in [0.29, 0.717) is 18.7 Å². The molecule has 0 saturated carbocycles. The number of ether oxygens (including phenoxy) is 1. The molecule has 0 unspecified atom stereocenters. The SMILES string of the molecule is Cc1ccc(OCCN2CCCC2)c([B-](F)(F)F)c1.[K+]. The van der Waals surface area contributed by atoms with Crippen molar-refractivity contribution in [1.29, 1.82) is 0 Å². The smallest absolute Gasteiger partial charge is 0.495 e. The third-order valence-electron chi connectivity index (χ3n) is 3.38. The van der Waals surface area contributed by atoms with Crippen molar-refractivity contribution < 1.29 is 69.1 Å². The summed E-state index contributed by atoms with van der Waals surface area (Å²) < 4.78 is 44.1. The maximum atomic E-state index is 12.9. The Labute approximate surface area is 160 Å². The third-order valence-corrected chi connectivity index (χ3v) is 3.38. The molecule has 0 bridgehead atoms. The zero-order valence-corrected chi connectivity index (χ0v) is 15.2. The summed E-state index contributed by atoms with van der Waals surface area (Å²) >= 11 is 0. The molecule has 0 amide bonds. The van der Waals surface area contributed by atoms with Gasteiger partial charge in [-0.2, -0.15) is 0 Å². The van der Waals surface area contributed by atoms with Crippen molar-refractivity contribution in [3.63, 3.8) is 0 Å². The predicted octanol–water partition coefficient (Wildman–Crippen LogP) is -0.472. The second-order valence-corrected chi connectivity index (χ2v) is 5.01. The first kappa shape index (κ1) is 18.5. The van der Waals surface area contributed by atoms with Crippen LogP contribution in [0.1, 0.15) is 18.4 Å². The fourth-order valence-electron chi connectivity index (χ4n) is 2.35. The molecule has 0 aliphatic carbocycles. The average Bonchev–Trinajstić information content (AvgIpc) is 2.83. The number of benzene rings is 1. The van der Waals surface area contributed by atoms with E-state index >= 15 is 0 Å². The summed E-state index contributed by atoms with van der Waals surface area (Å²) in [5, 5.41) is 0. The van der Waals surface area contributed by atoms with E-state index in [1.165, 1.54) is 18.9 Å². The fraction of sp³-hybridized carbons (Fsp3) is 0.538. The van der Waals surface area contributed by atoms with Gasteiger partial charge in [-0.3, -0.25) is 4.90 Å². The molecule has 2 nitrogen and oxygen atoms in total. The van der Waals surface area contributed by atoms with Gasteiger partial charge in [0.15, 0.2) is 0 Å². The maximum Gasteiger partial charge on any atom is 1.00 e. The van der Waals surface area contributed by atoms with E-state index < -0.39 is 12.4 Å². The van der Waals surface area contributed by atoms with Gasteiger partial charge in [0.2, 0.25) is 0 Å². The van der Waals surface area contributed by atoms with Gasteiger partial charge in [0.25, 0.3) is 0 Å². The van der Waals surface area contributed by atoms with Crippen LogP contribution in [0.2, 0.25) is 0 Å². The van der Waals surface area contributed by atoms with E-state index in [0.717, 1.165) is 19.2 Å². The molecule has 0 aromatic heterocycles. The monoisotopic (exact) mass is 311 g/mol. The molecule has 1 fully saturated rings. The number of likely N-dealkylation sites (tertiary alicyclic amines) is 1. The molecule has 1 heterocycles. The Kier molecular flexibility index (Phi) is 7.59. The van der Waals surface area contributed by atoms with E-state index in [9.17, 15) is 12.9 Å². The Morgan fingerprint density at radius 3 is 2.45 bits per heavy atom. The number of nitrogens with zero attached hydrogens (tertiary/aromatic N) is 1. The van der Waals surface area contributed by atoms with Gasteiger partial charge in [-0.05, 0) is 38.9 Å². The van der Waals surface area contributed by atoms with Crippen molar-refractivity contribution in [3.8, 4) is 5.75 Å². The van der Waals surface area contributed by atoms with Crippen LogP contribution in [0, 0.1) is 6.92 Å². The van der Waals surface area contributed by atoms with Gasteiger partial charge in [0.1, 0.15) is 6.61 Å². The summed E-state index contributed by atoms with van der Waals surface area (Å²) in [5.41, 5.74) is -0.0254. The molecule has 0 radical (unpaired) electrons. The van der Waals surface area contributed by atoms with Gasteiger partial charge < -0.3 is 17.7 Å². The van der Waals surface area contributed by atoms with Gasteiger partial charge in [-0.25, -0.2) is 0 Å². The topological polar surface area (TPSA) is 12.5 Å². The molecule has 0 N–H and O–H groups in total. The van der Waals surface area contributed by atoms with Crippen molar-refractivity contribution >= 4 is 12.4 Å². The van der Waals surface area contributed by atoms with Gasteiger partial charge >= 0.3 is 58.4 Å². The minimum absolute atomic E-state index is 0. The summed E-state index contributed by atoms with van der Waals surface area (Å²) in [6, 6.07) is 4.23. The molecule has 1 aliphatic rings. The fourth-order valence-corrected chi connectivity index (χ4v) is 2.35. The molecule has 1 saturated heterocycles. The van der Waals surface area contributed by atoms with Gasteiger partial charge in [-0.15, -0.1) is 0 Å². The van der Waals surface area contributed by atoms with Crippen LogP contribution < -0.4 is 61.6 Å². The molecular formula is C13H18BF3KNO. The maximum absolute atomic E-state index is 12.9. The minimum Gasteiger partial charge on any atom is -0.495 e. The van der Waals surface area contributed by atoms with Crippen LogP contribution in [0.25, 0.3) is 0 Å². The molecule has 20 heavy (non-hydrogen) atoms. The summed E-state index contributed by atoms with van der Waals surface area (Å²) in [6.07, 6.45) is 2.34. The second-order valence-electron chi connectivity index (χ2n) is 5.01. The van der Waals surface area contributed by atoms with Gasteiger partial charge in [-0.1, -0.05) is 23.2 Å². The Morgan fingerprint density at radius 1 is 1.20 bits per heavy atom. The second kappa shape index (κ2) is 8.20. The van der Waals surface area contributed by atoms with Crippen molar-refractivity contribution in [2.45, 2.75) is 19.8 Å². The van der Waals surface area contributed by atoms with Crippen LogP contribution in [-0.4, -0.2) is 38.1 Å². The van der Waals surface area contributed by atoms with E-state index in [1.54, 1.807) is 13.0 Å². The van der Waals surface area contributed by atoms with E-state index in [1.807, 2.05) is 0 Å². The zero-order valence-electron chi connectivity index (χ0n) is 12.0. The van der Waals surface area contributed by atoms with Crippen LogP contribution >= 0.6 is 0 Å². The minimum atomic E-state index is -5.02. The van der Waals surface area contributed by atoms with E-state index in [-0.39, 0.29) is 57.1 Å². The number of hydrogen-bond acceptors (Lipinski definition) is 2. The summed E-state index contributed by atoms with van der Waals surface area (Å²) in [4.78, 5) is 2.21. The number of rotatable bonds is 5. The van der Waals surface area contributed by atoms with Crippen LogP contribution in [-0.2, 0) is 0 Å². The first-order valence-electron chi connectivity index (χ1n) is 6.62. The first-order chi connectivity index (χ1) is 8.97. The van der Waals surface area contributed by atoms with Crippen molar-refractivity contribution in [2.24, 2.45) is 0 Å². The normalized spacial score (nSPS) is 16.0. The molecule has 1 aliphatic heterocycles. The van der Waals surface area contributed by atoms with E-state index in [2.05, 4.69) is 4.90 Å². The van der Waals surface area contributed by atoms with Gasteiger partial charge in [0, 0.05) is 6.54 Å². The van der Waals surface area contributed by atoms with Crippen molar-refractivity contribution in [1.82, 2.24) is 4.90 Å². The van der Waals surface area contributed by atoms with Crippen LogP contribution in [0.3, 0.4) is 0 Å². The van der Waals surface area contributed by atoms with Crippen LogP contribution in [0.15, 0.2) is 18.2 Å². The molecule has 0 atom stereocenters. The zero-order chi connectivity index (χ0) is 13.9. The quantitative estimate of drug-likeness (QED) is 0.682. The third kappa shape index (κ3) is 5.35. The number of hydrogen-bond donors (Lipinski definition) is 0. The molecule has 106 valence electrons. The van der Waals surface area contributed by atoms with Crippen molar-refractivity contribution in [3.05, 3.63) is 23.8 Å². The Balaban J connectivity index is 0.00000200. The number of aryl methyl sites for hydroxylation is 1. The summed E-state index contributed by atoms with van der Waals surface area (Å²) in [6.45, 7) is -0.330. The molecule has 0 spiro atoms. The Bertz CT molecular complexity index is 436.